The van der Waals surface area contributed by atoms with Gasteiger partial charge in [0.25, 0.3) is 0 Å². The number of para-hydroxylation sites is 1. The molecule has 0 aliphatic carbocycles. The van der Waals surface area contributed by atoms with Crippen molar-refractivity contribution >= 4 is 24.2 Å². The third-order valence-corrected chi connectivity index (χ3v) is 4.17. The van der Waals surface area contributed by atoms with E-state index in [4.69, 9.17) is 9.47 Å². The number of nitrogens with zero attached hydrogens (tertiary/aromatic N) is 3. The molecule has 1 N–H and O–H groups in total. The Morgan fingerprint density at radius 1 is 1.23 bits per heavy atom. The molecule has 0 atom stereocenters. The van der Waals surface area contributed by atoms with Crippen molar-refractivity contribution < 1.29 is 9.47 Å². The average Bonchev–Trinajstić information content (AvgIpc) is 2.85. The molecule has 122 valence electrons. The van der Waals surface area contributed by atoms with Crippen LogP contribution >= 0.6 is 24.2 Å². The lowest BCUT2D eigenvalue weighted by molar-refractivity contribution is 0.352. The Morgan fingerprint density at radius 2 is 2.00 bits per heavy atom. The van der Waals surface area contributed by atoms with E-state index < -0.39 is 0 Å². The number of nitrogens with one attached hydrogen (secondary N) is 1. The number of aromatic nitrogens is 3. The van der Waals surface area contributed by atoms with Crippen molar-refractivity contribution in [1.29, 1.82) is 0 Å². The molecule has 1 aromatic heterocycles. The molecule has 0 bridgehead atoms. The molecule has 0 aliphatic rings. The number of halogens is 1. The molecular formula is C14H21ClN4O2S. The third-order valence-electron chi connectivity index (χ3n) is 3.10. The molecule has 1 heterocycles. The molecule has 2 rings (SSSR count). The van der Waals surface area contributed by atoms with E-state index in [-0.39, 0.29) is 12.4 Å². The summed E-state index contributed by atoms with van der Waals surface area (Å²) in [5.41, 5.74) is 1.07. The van der Waals surface area contributed by atoms with Crippen LogP contribution in [0.4, 0.5) is 0 Å². The highest BCUT2D eigenvalue weighted by Gasteiger charge is 2.13. The normalized spacial score (nSPS) is 10.2. The fourth-order valence-corrected chi connectivity index (χ4v) is 2.90. The van der Waals surface area contributed by atoms with Gasteiger partial charge in [0.2, 0.25) is 0 Å². The number of rotatable bonds is 7. The van der Waals surface area contributed by atoms with Gasteiger partial charge in [0.05, 0.1) is 20.8 Å². The summed E-state index contributed by atoms with van der Waals surface area (Å²) in [4.78, 5) is 0. The average molecular weight is 345 g/mol. The van der Waals surface area contributed by atoms with Crippen LogP contribution in [0.2, 0.25) is 0 Å². The number of hydrogen-bond acceptors (Lipinski definition) is 6. The number of methoxy groups -OCH3 is 2. The molecule has 0 saturated carbocycles. The zero-order valence-corrected chi connectivity index (χ0v) is 14.8. The minimum Gasteiger partial charge on any atom is -0.493 e. The van der Waals surface area contributed by atoms with Gasteiger partial charge in [-0.2, -0.15) is 0 Å². The van der Waals surface area contributed by atoms with Gasteiger partial charge >= 0.3 is 0 Å². The van der Waals surface area contributed by atoms with E-state index in [1.165, 1.54) is 0 Å². The van der Waals surface area contributed by atoms with E-state index in [2.05, 4.69) is 15.5 Å². The van der Waals surface area contributed by atoms with Gasteiger partial charge in [0, 0.05) is 18.4 Å². The Bertz CT molecular complexity index is 607. The van der Waals surface area contributed by atoms with Gasteiger partial charge in [-0.3, -0.25) is 0 Å². The smallest absolute Gasteiger partial charge is 0.191 e. The SMILES string of the molecule is CNCc1nnc(SCc2cccc(OC)c2OC)n1C.Cl. The predicted octanol–water partition coefficient (Wildman–Crippen LogP) is 2.27. The highest BCUT2D eigenvalue weighted by molar-refractivity contribution is 7.98. The second kappa shape index (κ2) is 8.87. The molecule has 0 spiro atoms. The first-order valence-corrected chi connectivity index (χ1v) is 7.55. The summed E-state index contributed by atoms with van der Waals surface area (Å²) in [7, 11) is 7.15. The minimum atomic E-state index is 0. The van der Waals surface area contributed by atoms with Gasteiger partial charge in [-0.1, -0.05) is 23.9 Å². The molecule has 1 aromatic carbocycles. The van der Waals surface area contributed by atoms with Crippen LogP contribution in [0.5, 0.6) is 11.5 Å². The zero-order valence-electron chi connectivity index (χ0n) is 13.1. The Kier molecular flexibility index (Phi) is 7.50. The molecular weight excluding hydrogens is 324 g/mol. The first-order valence-electron chi connectivity index (χ1n) is 6.56. The molecule has 22 heavy (non-hydrogen) atoms. The van der Waals surface area contributed by atoms with Crippen LogP contribution in [-0.4, -0.2) is 36.0 Å². The highest BCUT2D eigenvalue weighted by Crippen LogP contribution is 2.34. The fourth-order valence-electron chi connectivity index (χ4n) is 1.99. The van der Waals surface area contributed by atoms with E-state index >= 15 is 0 Å². The van der Waals surface area contributed by atoms with Gasteiger partial charge in [0.1, 0.15) is 5.82 Å². The van der Waals surface area contributed by atoms with Crippen molar-refractivity contribution in [2.75, 3.05) is 21.3 Å². The first kappa shape index (κ1) is 18.6. The third kappa shape index (κ3) is 4.06. The molecule has 0 aliphatic heterocycles. The molecule has 8 heteroatoms. The van der Waals surface area contributed by atoms with Crippen LogP contribution in [0.15, 0.2) is 23.4 Å². The van der Waals surface area contributed by atoms with Crippen LogP contribution in [0.3, 0.4) is 0 Å². The summed E-state index contributed by atoms with van der Waals surface area (Å²) in [5.74, 6) is 3.17. The Balaban J connectivity index is 0.00000242. The van der Waals surface area contributed by atoms with Crippen molar-refractivity contribution in [3.63, 3.8) is 0 Å². The van der Waals surface area contributed by atoms with Gasteiger partial charge < -0.3 is 19.4 Å². The quantitative estimate of drug-likeness (QED) is 0.777. The standard InChI is InChI=1S/C14H20N4O2S.ClH/c1-15-8-12-16-17-14(18(12)2)21-9-10-6-5-7-11(19-3)13(10)20-4;/h5-7,15H,8-9H2,1-4H3;1H. The summed E-state index contributed by atoms with van der Waals surface area (Å²) in [6.07, 6.45) is 0. The maximum atomic E-state index is 5.44. The Morgan fingerprint density at radius 3 is 2.64 bits per heavy atom. The van der Waals surface area contributed by atoms with E-state index in [9.17, 15) is 0 Å². The number of hydrogen-bond donors (Lipinski definition) is 1. The van der Waals surface area contributed by atoms with Crippen LogP contribution in [-0.2, 0) is 19.3 Å². The Labute approximate surface area is 141 Å². The summed E-state index contributed by atoms with van der Waals surface area (Å²) in [5, 5.41) is 12.3. The highest BCUT2D eigenvalue weighted by atomic mass is 35.5. The van der Waals surface area contributed by atoms with Crippen molar-refractivity contribution in [3.8, 4) is 11.5 Å². The van der Waals surface area contributed by atoms with Crippen molar-refractivity contribution in [2.24, 2.45) is 7.05 Å². The van der Waals surface area contributed by atoms with Gasteiger partial charge in [0.15, 0.2) is 16.7 Å². The first-order chi connectivity index (χ1) is 10.2. The van der Waals surface area contributed by atoms with E-state index in [1.807, 2.05) is 36.9 Å². The van der Waals surface area contributed by atoms with Crippen molar-refractivity contribution in [1.82, 2.24) is 20.1 Å². The molecule has 0 unspecified atom stereocenters. The van der Waals surface area contributed by atoms with E-state index in [0.29, 0.717) is 6.54 Å². The second-order valence-electron chi connectivity index (χ2n) is 4.43. The van der Waals surface area contributed by atoms with Crippen LogP contribution < -0.4 is 14.8 Å². The minimum absolute atomic E-state index is 0. The fraction of sp³-hybridized carbons (Fsp3) is 0.429. The van der Waals surface area contributed by atoms with Gasteiger partial charge in [-0.25, -0.2) is 0 Å². The molecule has 0 amide bonds. The lowest BCUT2D eigenvalue weighted by atomic mass is 10.2. The largest absolute Gasteiger partial charge is 0.493 e. The van der Waals surface area contributed by atoms with E-state index in [0.717, 1.165) is 33.8 Å². The Hall–Kier alpha value is -1.44. The summed E-state index contributed by atoms with van der Waals surface area (Å²) in [6.45, 7) is 0.701. The zero-order chi connectivity index (χ0) is 15.2. The lowest BCUT2D eigenvalue weighted by Gasteiger charge is -2.12. The summed E-state index contributed by atoms with van der Waals surface area (Å²) in [6, 6.07) is 5.87. The summed E-state index contributed by atoms with van der Waals surface area (Å²) >= 11 is 1.62. The molecule has 0 fully saturated rings. The molecule has 6 nitrogen and oxygen atoms in total. The molecule has 0 saturated heterocycles. The van der Waals surface area contributed by atoms with Crippen LogP contribution in [0.25, 0.3) is 0 Å². The number of ether oxygens (including phenoxy) is 2. The topological polar surface area (TPSA) is 61.2 Å². The van der Waals surface area contributed by atoms with Crippen LogP contribution in [0.1, 0.15) is 11.4 Å². The van der Waals surface area contributed by atoms with Gasteiger partial charge in [-0.15, -0.1) is 22.6 Å². The summed E-state index contributed by atoms with van der Waals surface area (Å²) < 4.78 is 12.7. The maximum absolute atomic E-state index is 5.44. The monoisotopic (exact) mass is 344 g/mol. The van der Waals surface area contributed by atoms with Crippen LogP contribution in [0, 0.1) is 0 Å². The maximum Gasteiger partial charge on any atom is 0.191 e. The van der Waals surface area contributed by atoms with Gasteiger partial charge in [-0.05, 0) is 13.1 Å². The molecule has 2 aromatic rings. The lowest BCUT2D eigenvalue weighted by Crippen LogP contribution is -2.10. The van der Waals surface area contributed by atoms with Crippen molar-refractivity contribution in [3.05, 3.63) is 29.6 Å². The predicted molar refractivity (Wildman–Crippen MR) is 90.1 cm³/mol. The number of thioether (sulfide) groups is 1. The molecule has 0 radical (unpaired) electrons. The number of benzene rings is 1. The van der Waals surface area contributed by atoms with Crippen molar-refractivity contribution in [2.45, 2.75) is 17.5 Å². The van der Waals surface area contributed by atoms with E-state index in [1.54, 1.807) is 26.0 Å². The second-order valence-corrected chi connectivity index (χ2v) is 5.37.